The molecule has 2 nitrogen and oxygen atoms in total. The van der Waals surface area contributed by atoms with Crippen molar-refractivity contribution in [3.63, 3.8) is 0 Å². The number of anilines is 1. The van der Waals surface area contributed by atoms with Crippen LogP contribution in [0.5, 0.6) is 0 Å². The summed E-state index contributed by atoms with van der Waals surface area (Å²) < 4.78 is 5.39. The lowest BCUT2D eigenvalue weighted by atomic mass is 10.2. The van der Waals surface area contributed by atoms with Crippen molar-refractivity contribution in [1.29, 1.82) is 0 Å². The van der Waals surface area contributed by atoms with Crippen molar-refractivity contribution in [1.82, 2.24) is 0 Å². The summed E-state index contributed by atoms with van der Waals surface area (Å²) in [5.41, 5.74) is 2.75. The fourth-order valence-corrected chi connectivity index (χ4v) is 3.64. The lowest BCUT2D eigenvalue weighted by Gasteiger charge is -2.28. The summed E-state index contributed by atoms with van der Waals surface area (Å²) in [6.45, 7) is 3.71. The SMILES string of the molecule is c1csc(-c2cscc2N2CCOCC2)c1. The molecule has 2 aromatic rings. The Bertz CT molecular complexity index is 443. The van der Waals surface area contributed by atoms with Gasteiger partial charge >= 0.3 is 0 Å². The number of nitrogens with zero attached hydrogens (tertiary/aromatic N) is 1. The molecule has 1 fully saturated rings. The van der Waals surface area contributed by atoms with E-state index in [-0.39, 0.29) is 0 Å². The van der Waals surface area contributed by atoms with Gasteiger partial charge in [-0.05, 0) is 11.4 Å². The van der Waals surface area contributed by atoms with E-state index >= 15 is 0 Å². The van der Waals surface area contributed by atoms with Crippen LogP contribution >= 0.6 is 22.7 Å². The lowest BCUT2D eigenvalue weighted by Crippen LogP contribution is -2.36. The summed E-state index contributed by atoms with van der Waals surface area (Å²) in [4.78, 5) is 3.79. The van der Waals surface area contributed by atoms with Gasteiger partial charge in [-0.15, -0.1) is 22.7 Å². The van der Waals surface area contributed by atoms with E-state index in [1.54, 1.807) is 11.3 Å². The summed E-state index contributed by atoms with van der Waals surface area (Å²) in [7, 11) is 0. The Kier molecular flexibility index (Phi) is 2.95. The molecule has 0 unspecified atom stereocenters. The third kappa shape index (κ3) is 1.88. The molecule has 0 bridgehead atoms. The van der Waals surface area contributed by atoms with Crippen molar-refractivity contribution in [2.45, 2.75) is 0 Å². The number of rotatable bonds is 2. The van der Waals surface area contributed by atoms with E-state index < -0.39 is 0 Å². The zero-order valence-electron chi connectivity index (χ0n) is 8.89. The van der Waals surface area contributed by atoms with E-state index in [1.165, 1.54) is 16.1 Å². The molecule has 3 rings (SSSR count). The van der Waals surface area contributed by atoms with Crippen LogP contribution in [-0.2, 0) is 4.74 Å². The second kappa shape index (κ2) is 4.57. The van der Waals surface area contributed by atoms with E-state index in [0.717, 1.165) is 26.3 Å². The zero-order valence-corrected chi connectivity index (χ0v) is 10.5. The average Bonchev–Trinajstić information content (AvgIpc) is 3.01. The van der Waals surface area contributed by atoms with Gasteiger partial charge < -0.3 is 9.64 Å². The second-order valence-corrected chi connectivity index (χ2v) is 5.44. The van der Waals surface area contributed by atoms with Crippen molar-refractivity contribution in [2.75, 3.05) is 31.2 Å². The highest BCUT2D eigenvalue weighted by Crippen LogP contribution is 2.37. The highest BCUT2D eigenvalue weighted by atomic mass is 32.1. The molecule has 0 N–H and O–H groups in total. The Balaban J connectivity index is 1.92. The minimum absolute atomic E-state index is 0.847. The molecule has 0 amide bonds. The van der Waals surface area contributed by atoms with Gasteiger partial charge in [0.25, 0.3) is 0 Å². The van der Waals surface area contributed by atoms with Crippen LogP contribution in [0.25, 0.3) is 10.4 Å². The van der Waals surface area contributed by atoms with E-state index in [4.69, 9.17) is 4.74 Å². The first-order valence-electron chi connectivity index (χ1n) is 5.38. The van der Waals surface area contributed by atoms with Crippen molar-refractivity contribution in [2.24, 2.45) is 0 Å². The van der Waals surface area contributed by atoms with Crippen molar-refractivity contribution in [3.05, 3.63) is 28.3 Å². The molecule has 4 heteroatoms. The van der Waals surface area contributed by atoms with Gasteiger partial charge in [-0.1, -0.05) is 6.07 Å². The van der Waals surface area contributed by atoms with Gasteiger partial charge in [0.1, 0.15) is 0 Å². The monoisotopic (exact) mass is 251 g/mol. The minimum atomic E-state index is 0.847. The molecule has 0 radical (unpaired) electrons. The number of morpholine rings is 1. The van der Waals surface area contributed by atoms with Crippen molar-refractivity contribution < 1.29 is 4.74 Å². The summed E-state index contributed by atoms with van der Waals surface area (Å²) in [5, 5.41) is 6.63. The molecule has 3 heterocycles. The molecule has 16 heavy (non-hydrogen) atoms. The highest BCUT2D eigenvalue weighted by molar-refractivity contribution is 7.14. The third-order valence-corrected chi connectivity index (χ3v) is 4.41. The predicted octanol–water partition coefficient (Wildman–Crippen LogP) is 3.31. The van der Waals surface area contributed by atoms with Crippen LogP contribution in [0, 0.1) is 0 Å². The first kappa shape index (κ1) is 10.3. The lowest BCUT2D eigenvalue weighted by molar-refractivity contribution is 0.123. The van der Waals surface area contributed by atoms with E-state index in [9.17, 15) is 0 Å². The van der Waals surface area contributed by atoms with E-state index in [1.807, 2.05) is 11.3 Å². The summed E-state index contributed by atoms with van der Waals surface area (Å²) in [5.74, 6) is 0. The first-order valence-corrected chi connectivity index (χ1v) is 7.20. The molecule has 1 saturated heterocycles. The van der Waals surface area contributed by atoms with Gasteiger partial charge in [0.15, 0.2) is 0 Å². The Morgan fingerprint density at radius 3 is 2.81 bits per heavy atom. The van der Waals surface area contributed by atoms with Crippen molar-refractivity contribution in [3.8, 4) is 10.4 Å². The van der Waals surface area contributed by atoms with E-state index in [0.29, 0.717) is 0 Å². The number of ether oxygens (including phenoxy) is 1. The fraction of sp³-hybridized carbons (Fsp3) is 0.333. The maximum atomic E-state index is 5.39. The van der Waals surface area contributed by atoms with Crippen LogP contribution in [0.4, 0.5) is 5.69 Å². The zero-order chi connectivity index (χ0) is 10.8. The normalized spacial score (nSPS) is 16.6. The van der Waals surface area contributed by atoms with E-state index in [2.05, 4.69) is 33.2 Å². The van der Waals surface area contributed by atoms with Crippen molar-refractivity contribution >= 4 is 28.4 Å². The predicted molar refractivity (Wildman–Crippen MR) is 70.7 cm³/mol. The Morgan fingerprint density at radius 2 is 2.06 bits per heavy atom. The number of hydrogen-bond acceptors (Lipinski definition) is 4. The summed E-state index contributed by atoms with van der Waals surface area (Å²) in [6.07, 6.45) is 0. The molecule has 2 aromatic heterocycles. The van der Waals surface area contributed by atoms with Gasteiger partial charge in [-0.3, -0.25) is 0 Å². The molecule has 0 aromatic carbocycles. The maximum absolute atomic E-state index is 5.39. The van der Waals surface area contributed by atoms with Crippen LogP contribution in [-0.4, -0.2) is 26.3 Å². The van der Waals surface area contributed by atoms with Gasteiger partial charge in [0.2, 0.25) is 0 Å². The van der Waals surface area contributed by atoms with Crippen LogP contribution in [0.2, 0.25) is 0 Å². The Morgan fingerprint density at radius 1 is 1.19 bits per heavy atom. The van der Waals surface area contributed by atoms with Crippen LogP contribution in [0.3, 0.4) is 0 Å². The van der Waals surface area contributed by atoms with Gasteiger partial charge in [0.05, 0.1) is 18.9 Å². The Hall–Kier alpha value is -0.840. The second-order valence-electron chi connectivity index (χ2n) is 3.75. The smallest absolute Gasteiger partial charge is 0.0642 e. The number of hydrogen-bond donors (Lipinski definition) is 0. The third-order valence-electron chi connectivity index (χ3n) is 2.78. The number of thiophene rings is 2. The summed E-state index contributed by atoms with van der Waals surface area (Å²) >= 11 is 3.59. The molecule has 84 valence electrons. The molecule has 1 aliphatic rings. The average molecular weight is 251 g/mol. The van der Waals surface area contributed by atoms with Crippen LogP contribution < -0.4 is 4.90 Å². The molecule has 1 aliphatic heterocycles. The Labute approximate surface area is 103 Å². The highest BCUT2D eigenvalue weighted by Gasteiger charge is 2.16. The molecule has 0 spiro atoms. The topological polar surface area (TPSA) is 12.5 Å². The molecular formula is C12H13NOS2. The first-order chi connectivity index (χ1) is 7.95. The largest absolute Gasteiger partial charge is 0.378 e. The molecule has 0 saturated carbocycles. The van der Waals surface area contributed by atoms with Crippen LogP contribution in [0.1, 0.15) is 0 Å². The maximum Gasteiger partial charge on any atom is 0.0642 e. The molecule has 0 aliphatic carbocycles. The van der Waals surface area contributed by atoms with Crippen LogP contribution in [0.15, 0.2) is 28.3 Å². The summed E-state index contributed by atoms with van der Waals surface area (Å²) in [6, 6.07) is 4.30. The molecular weight excluding hydrogens is 238 g/mol. The quantitative estimate of drug-likeness (QED) is 0.812. The molecule has 0 atom stereocenters. The standard InChI is InChI=1S/C12H13NOS2/c1-2-12(16-7-1)10-8-15-9-11(10)13-3-5-14-6-4-13/h1-2,7-9H,3-6H2. The van der Waals surface area contributed by atoms with Gasteiger partial charge in [-0.2, -0.15) is 0 Å². The fourth-order valence-electron chi connectivity index (χ4n) is 1.96. The van der Waals surface area contributed by atoms with Gasteiger partial charge in [0, 0.05) is 34.3 Å². The van der Waals surface area contributed by atoms with Gasteiger partial charge in [-0.25, -0.2) is 0 Å². The minimum Gasteiger partial charge on any atom is -0.378 e.